The molecular weight excluding hydrogens is 347 g/mol. The third kappa shape index (κ3) is 3.42. The zero-order chi connectivity index (χ0) is 19.0. The molecule has 27 heavy (non-hydrogen) atoms. The Hall–Kier alpha value is -2.44. The Kier molecular flexibility index (Phi) is 4.85. The third-order valence-corrected chi connectivity index (χ3v) is 5.91. The van der Waals surface area contributed by atoms with Crippen LogP contribution in [0, 0.1) is 5.82 Å². The summed E-state index contributed by atoms with van der Waals surface area (Å²) < 4.78 is 16.4. The predicted octanol–water partition coefficient (Wildman–Crippen LogP) is 2.86. The Morgan fingerprint density at radius 3 is 2.33 bits per heavy atom. The fourth-order valence-electron chi connectivity index (χ4n) is 4.40. The van der Waals surface area contributed by atoms with Gasteiger partial charge in [-0.15, -0.1) is 0 Å². The van der Waals surface area contributed by atoms with E-state index in [2.05, 4.69) is 5.10 Å². The summed E-state index contributed by atoms with van der Waals surface area (Å²) in [7, 11) is 1.71. The van der Waals surface area contributed by atoms with Crippen molar-refractivity contribution in [1.29, 1.82) is 0 Å². The summed E-state index contributed by atoms with van der Waals surface area (Å²) in [6.07, 6.45) is 5.99. The molecule has 2 fully saturated rings. The molecule has 2 aromatic rings. The number of amides is 1. The molecule has 0 bridgehead atoms. The Labute approximate surface area is 157 Å². The van der Waals surface area contributed by atoms with Gasteiger partial charge in [0.25, 0.3) is 5.91 Å². The fraction of sp³-hybridized carbons (Fsp3) is 0.550. The van der Waals surface area contributed by atoms with E-state index < -0.39 is 0 Å². The van der Waals surface area contributed by atoms with Gasteiger partial charge < -0.3 is 4.90 Å². The topological polar surface area (TPSA) is 60.1 Å². The van der Waals surface area contributed by atoms with Crippen molar-refractivity contribution in [3.05, 3.63) is 52.0 Å². The quantitative estimate of drug-likeness (QED) is 0.832. The van der Waals surface area contributed by atoms with Crippen molar-refractivity contribution >= 4 is 5.91 Å². The molecule has 1 amide bonds. The van der Waals surface area contributed by atoms with Crippen molar-refractivity contribution in [2.45, 2.75) is 50.5 Å². The Bertz CT molecular complexity index is 872. The van der Waals surface area contributed by atoms with E-state index in [0.717, 1.165) is 44.3 Å². The molecule has 0 N–H and O–H groups in total. The van der Waals surface area contributed by atoms with E-state index in [1.807, 2.05) is 9.47 Å². The molecule has 1 saturated heterocycles. The van der Waals surface area contributed by atoms with E-state index in [1.54, 1.807) is 7.05 Å². The fourth-order valence-corrected chi connectivity index (χ4v) is 4.40. The number of hydrogen-bond donors (Lipinski definition) is 0. The van der Waals surface area contributed by atoms with Crippen molar-refractivity contribution in [3.63, 3.8) is 0 Å². The van der Waals surface area contributed by atoms with Gasteiger partial charge >= 0.3 is 5.69 Å². The van der Waals surface area contributed by atoms with E-state index >= 15 is 0 Å². The second kappa shape index (κ2) is 7.29. The van der Waals surface area contributed by atoms with Gasteiger partial charge in [0, 0.05) is 37.7 Å². The van der Waals surface area contributed by atoms with Crippen molar-refractivity contribution in [2.75, 3.05) is 13.1 Å². The molecule has 0 unspecified atom stereocenters. The number of rotatable bonds is 3. The lowest BCUT2D eigenvalue weighted by atomic mass is 9.95. The zero-order valence-electron chi connectivity index (χ0n) is 15.6. The lowest BCUT2D eigenvalue weighted by Crippen LogP contribution is -2.38. The summed E-state index contributed by atoms with van der Waals surface area (Å²) in [5, 5.41) is 4.54. The molecule has 6 nitrogen and oxygen atoms in total. The number of likely N-dealkylation sites (tertiary alicyclic amines) is 1. The van der Waals surface area contributed by atoms with Crippen molar-refractivity contribution in [1.82, 2.24) is 19.2 Å². The minimum atomic E-state index is -0.342. The third-order valence-electron chi connectivity index (χ3n) is 5.91. The molecule has 2 heterocycles. The van der Waals surface area contributed by atoms with E-state index in [9.17, 15) is 14.0 Å². The first kappa shape index (κ1) is 17.9. The molecule has 144 valence electrons. The molecular formula is C20H25FN4O2. The van der Waals surface area contributed by atoms with Gasteiger partial charge in [-0.3, -0.25) is 9.36 Å². The summed E-state index contributed by atoms with van der Waals surface area (Å²) in [6, 6.07) is 5.95. The number of aromatic nitrogens is 3. The molecule has 0 atom stereocenters. The van der Waals surface area contributed by atoms with Crippen LogP contribution in [-0.4, -0.2) is 38.2 Å². The summed E-state index contributed by atoms with van der Waals surface area (Å²) in [5.41, 5.74) is 0.484. The number of hydrogen-bond acceptors (Lipinski definition) is 3. The highest BCUT2D eigenvalue weighted by atomic mass is 19.1. The number of piperidine rings is 1. The minimum Gasteiger partial charge on any atom is -0.339 e. The maximum Gasteiger partial charge on any atom is 0.345 e. The van der Waals surface area contributed by atoms with Crippen LogP contribution in [0.5, 0.6) is 0 Å². The van der Waals surface area contributed by atoms with Gasteiger partial charge in [0.1, 0.15) is 11.6 Å². The largest absolute Gasteiger partial charge is 0.345 e. The summed E-state index contributed by atoms with van der Waals surface area (Å²) in [4.78, 5) is 27.0. The Morgan fingerprint density at radius 2 is 1.70 bits per heavy atom. The van der Waals surface area contributed by atoms with Crippen molar-refractivity contribution < 1.29 is 9.18 Å². The highest BCUT2D eigenvalue weighted by molar-refractivity contribution is 5.94. The summed E-state index contributed by atoms with van der Waals surface area (Å²) in [6.45, 7) is 1.24. The van der Waals surface area contributed by atoms with E-state index in [1.165, 1.54) is 28.9 Å². The molecule has 1 aromatic carbocycles. The summed E-state index contributed by atoms with van der Waals surface area (Å²) in [5.74, 6) is 0.660. The molecule has 1 saturated carbocycles. The average molecular weight is 372 g/mol. The molecule has 1 aromatic heterocycles. The lowest BCUT2D eigenvalue weighted by Gasteiger charge is -2.32. The van der Waals surface area contributed by atoms with Crippen LogP contribution in [0.2, 0.25) is 0 Å². The molecule has 0 radical (unpaired) electrons. The van der Waals surface area contributed by atoms with Crippen LogP contribution in [0.25, 0.3) is 0 Å². The van der Waals surface area contributed by atoms with Gasteiger partial charge in [-0.25, -0.2) is 13.9 Å². The van der Waals surface area contributed by atoms with Gasteiger partial charge in [-0.2, -0.15) is 5.10 Å². The van der Waals surface area contributed by atoms with Crippen LogP contribution in [-0.2, 0) is 7.05 Å². The lowest BCUT2D eigenvalue weighted by molar-refractivity contribution is 0.0709. The molecule has 2 aliphatic rings. The highest BCUT2D eigenvalue weighted by Gasteiger charge is 2.31. The average Bonchev–Trinajstić information content (AvgIpc) is 3.30. The van der Waals surface area contributed by atoms with Gasteiger partial charge in [-0.05, 0) is 49.9 Å². The smallest absolute Gasteiger partial charge is 0.339 e. The minimum absolute atomic E-state index is 0.0262. The zero-order valence-corrected chi connectivity index (χ0v) is 15.6. The highest BCUT2D eigenvalue weighted by Crippen LogP contribution is 2.33. The SMILES string of the molecule is Cn1nc(C2CCN(C(=O)c3ccc(F)cc3)CC2)n(C2CCCC2)c1=O. The van der Waals surface area contributed by atoms with Crippen LogP contribution in [0.15, 0.2) is 29.1 Å². The van der Waals surface area contributed by atoms with Crippen molar-refractivity contribution in [2.24, 2.45) is 7.05 Å². The molecule has 7 heteroatoms. The standard InChI is InChI=1S/C20H25FN4O2/c1-23-20(27)25(17-4-2-3-5-17)18(22-23)14-10-12-24(13-11-14)19(26)15-6-8-16(21)9-7-15/h6-9,14,17H,2-5,10-13H2,1H3. The number of carbonyl (C=O) groups excluding carboxylic acids is 1. The number of halogens is 1. The van der Waals surface area contributed by atoms with Gasteiger partial charge in [0.05, 0.1) is 0 Å². The Balaban J connectivity index is 1.48. The number of benzene rings is 1. The molecule has 0 spiro atoms. The van der Waals surface area contributed by atoms with Crippen LogP contribution < -0.4 is 5.69 Å². The molecule has 4 rings (SSSR count). The number of carbonyl (C=O) groups is 1. The second-order valence-corrected chi connectivity index (χ2v) is 7.65. The first-order valence-corrected chi connectivity index (χ1v) is 9.75. The van der Waals surface area contributed by atoms with Gasteiger partial charge in [0.2, 0.25) is 0 Å². The van der Waals surface area contributed by atoms with Gasteiger partial charge in [0.15, 0.2) is 0 Å². The van der Waals surface area contributed by atoms with Crippen LogP contribution >= 0.6 is 0 Å². The second-order valence-electron chi connectivity index (χ2n) is 7.65. The van der Waals surface area contributed by atoms with Gasteiger partial charge in [-0.1, -0.05) is 12.8 Å². The maximum absolute atomic E-state index is 13.1. The van der Waals surface area contributed by atoms with Crippen LogP contribution in [0.3, 0.4) is 0 Å². The van der Waals surface area contributed by atoms with E-state index in [4.69, 9.17) is 0 Å². The Morgan fingerprint density at radius 1 is 1.07 bits per heavy atom. The number of aryl methyl sites for hydroxylation is 1. The van der Waals surface area contributed by atoms with Crippen LogP contribution in [0.1, 0.15) is 66.7 Å². The monoisotopic (exact) mass is 372 g/mol. The normalized spacial score (nSPS) is 19.0. The first-order chi connectivity index (χ1) is 13.0. The summed E-state index contributed by atoms with van der Waals surface area (Å²) >= 11 is 0. The predicted molar refractivity (Wildman–Crippen MR) is 99.3 cm³/mol. The molecule has 1 aliphatic carbocycles. The first-order valence-electron chi connectivity index (χ1n) is 9.75. The maximum atomic E-state index is 13.1. The number of nitrogens with zero attached hydrogens (tertiary/aromatic N) is 4. The van der Waals surface area contributed by atoms with E-state index in [0.29, 0.717) is 18.7 Å². The van der Waals surface area contributed by atoms with Crippen LogP contribution in [0.4, 0.5) is 4.39 Å². The van der Waals surface area contributed by atoms with E-state index in [-0.39, 0.29) is 29.4 Å². The molecule has 1 aliphatic heterocycles. The van der Waals surface area contributed by atoms with Crippen molar-refractivity contribution in [3.8, 4) is 0 Å².